The summed E-state index contributed by atoms with van der Waals surface area (Å²) in [6.45, 7) is 6.40. The zero-order valence-electron chi connectivity index (χ0n) is 50.4. The van der Waals surface area contributed by atoms with Gasteiger partial charge in [-0.2, -0.15) is 0 Å². The largest absolute Gasteiger partial charge is 0.462 e. The maximum Gasteiger partial charge on any atom is 0.306 e. The number of hydrogen-bond acceptors (Lipinski definition) is 6. The molecule has 0 heterocycles. The zero-order valence-corrected chi connectivity index (χ0v) is 50.4. The van der Waals surface area contributed by atoms with Crippen LogP contribution in [0.1, 0.15) is 303 Å². The molecule has 6 nitrogen and oxygen atoms in total. The smallest absolute Gasteiger partial charge is 0.306 e. The van der Waals surface area contributed by atoms with Gasteiger partial charge in [0.2, 0.25) is 0 Å². The van der Waals surface area contributed by atoms with E-state index in [1.54, 1.807) is 0 Å². The molecule has 1 unspecified atom stereocenters. The van der Waals surface area contributed by atoms with Gasteiger partial charge in [-0.15, -0.1) is 0 Å². The van der Waals surface area contributed by atoms with Crippen LogP contribution in [0.4, 0.5) is 0 Å². The number of allylic oxidation sites excluding steroid dienone is 18. The Morgan fingerprint density at radius 3 is 0.818 bits per heavy atom. The van der Waals surface area contributed by atoms with E-state index in [0.29, 0.717) is 19.3 Å². The van der Waals surface area contributed by atoms with E-state index in [4.69, 9.17) is 14.2 Å². The second kappa shape index (κ2) is 64.6. The van der Waals surface area contributed by atoms with Crippen LogP contribution in [-0.2, 0) is 28.6 Å². The summed E-state index contributed by atoms with van der Waals surface area (Å²) >= 11 is 0. The second-order valence-electron chi connectivity index (χ2n) is 21.3. The molecule has 77 heavy (non-hydrogen) atoms. The first kappa shape index (κ1) is 73.1. The fraction of sp³-hybridized carbons (Fsp3) is 0.704. The van der Waals surface area contributed by atoms with Crippen LogP contribution in [0.25, 0.3) is 0 Å². The van der Waals surface area contributed by atoms with Crippen molar-refractivity contribution >= 4 is 17.9 Å². The van der Waals surface area contributed by atoms with Crippen molar-refractivity contribution in [3.05, 3.63) is 109 Å². The first-order valence-electron chi connectivity index (χ1n) is 32.4. The highest BCUT2D eigenvalue weighted by Gasteiger charge is 2.19. The molecule has 0 aliphatic heterocycles. The Labute approximate surface area is 476 Å². The minimum absolute atomic E-state index is 0.0923. The molecule has 0 aromatic carbocycles. The van der Waals surface area contributed by atoms with Crippen molar-refractivity contribution in [1.29, 1.82) is 0 Å². The predicted octanol–water partition coefficient (Wildman–Crippen LogP) is 22.2. The number of rotatable bonds is 58. The van der Waals surface area contributed by atoms with E-state index in [1.807, 2.05) is 0 Å². The summed E-state index contributed by atoms with van der Waals surface area (Å²) in [7, 11) is 0. The normalized spacial score (nSPS) is 12.8. The molecule has 0 radical (unpaired) electrons. The number of esters is 3. The zero-order chi connectivity index (χ0) is 55.7. The number of carbonyl (C=O) groups excluding carboxylic acids is 3. The average molecular weight is 1070 g/mol. The predicted molar refractivity (Wildman–Crippen MR) is 334 cm³/mol. The van der Waals surface area contributed by atoms with Crippen LogP contribution >= 0.6 is 0 Å². The maximum atomic E-state index is 12.9. The van der Waals surface area contributed by atoms with Crippen molar-refractivity contribution in [3.8, 4) is 0 Å². The molecule has 440 valence electrons. The quantitative estimate of drug-likeness (QED) is 0.0261. The summed E-state index contributed by atoms with van der Waals surface area (Å²) in [5.74, 6) is -0.926. The Hall–Kier alpha value is -3.93. The lowest BCUT2D eigenvalue weighted by Gasteiger charge is -2.18. The average Bonchev–Trinajstić information content (AvgIpc) is 3.43. The molecule has 0 rings (SSSR count). The van der Waals surface area contributed by atoms with Gasteiger partial charge in [-0.1, -0.05) is 291 Å². The van der Waals surface area contributed by atoms with Crippen LogP contribution in [0, 0.1) is 0 Å². The summed E-state index contributed by atoms with van der Waals surface area (Å²) in [6.07, 6.45) is 88.2. The highest BCUT2D eigenvalue weighted by molar-refractivity contribution is 5.71. The van der Waals surface area contributed by atoms with Gasteiger partial charge < -0.3 is 14.2 Å². The molecule has 0 amide bonds. The number of carbonyl (C=O) groups is 3. The standard InChI is InChI=1S/C71H120O6/c1-4-7-10-13-16-19-22-25-28-29-30-31-32-33-34-35-36-37-38-39-40-41-44-46-49-52-55-58-61-64-70(73)76-67-68(77-71(74)65-62-59-56-53-50-47-43-27-24-21-18-15-12-9-6-3)66-75-69(72)63-60-57-54-51-48-45-42-26-23-20-17-14-11-8-5-2/h7,9-10,12,16,18-19,21,25,27-28,30-31,33-34,43,50,53,68H,4-6,8,11,13-15,17,20,22-24,26,29,32,35-42,44-49,51-52,54-67H2,1-3H3/b10-7-,12-9-,19-16-,21-18-,28-25-,31-30-,34-33-,43-27-,53-50-. The summed E-state index contributed by atoms with van der Waals surface area (Å²) in [5.41, 5.74) is 0. The molecule has 6 heteroatoms. The topological polar surface area (TPSA) is 78.9 Å². The number of hydrogen-bond donors (Lipinski definition) is 0. The SMILES string of the molecule is CC/C=C\C/C=C\C/C=C\C/C=C\C/C=C\CCCCCCCCCCCCCCCC(=O)OCC(COC(=O)CCCCCCCCCCCCCCCCC)OC(=O)CCCC/C=C\C/C=C\C/C=C\C/C=C\CC. The van der Waals surface area contributed by atoms with Crippen molar-refractivity contribution in [3.63, 3.8) is 0 Å². The van der Waals surface area contributed by atoms with Crippen LogP contribution in [0.5, 0.6) is 0 Å². The van der Waals surface area contributed by atoms with Gasteiger partial charge in [0.25, 0.3) is 0 Å². The van der Waals surface area contributed by atoms with Crippen molar-refractivity contribution in [2.45, 2.75) is 309 Å². The van der Waals surface area contributed by atoms with Crippen LogP contribution in [0.2, 0.25) is 0 Å². The fourth-order valence-corrected chi connectivity index (χ4v) is 8.99. The van der Waals surface area contributed by atoms with E-state index < -0.39 is 6.10 Å². The van der Waals surface area contributed by atoms with Gasteiger partial charge in [0, 0.05) is 19.3 Å². The summed E-state index contributed by atoms with van der Waals surface area (Å²) in [4.78, 5) is 38.3. The third-order valence-corrected chi connectivity index (χ3v) is 13.8. The van der Waals surface area contributed by atoms with Gasteiger partial charge in [0.1, 0.15) is 13.2 Å². The first-order valence-corrected chi connectivity index (χ1v) is 32.4. The second-order valence-corrected chi connectivity index (χ2v) is 21.3. The maximum absolute atomic E-state index is 12.9. The number of ether oxygens (including phenoxy) is 3. The van der Waals surface area contributed by atoms with Crippen LogP contribution in [0.3, 0.4) is 0 Å². The van der Waals surface area contributed by atoms with Crippen molar-refractivity contribution in [2.75, 3.05) is 13.2 Å². The Balaban J connectivity index is 4.29. The minimum atomic E-state index is -0.800. The van der Waals surface area contributed by atoms with Gasteiger partial charge in [-0.3, -0.25) is 14.4 Å². The van der Waals surface area contributed by atoms with E-state index in [2.05, 4.69) is 130 Å². The van der Waals surface area contributed by atoms with E-state index in [-0.39, 0.29) is 37.5 Å². The lowest BCUT2D eigenvalue weighted by molar-refractivity contribution is -0.167. The molecule has 0 aliphatic carbocycles. The third kappa shape index (κ3) is 62.8. The van der Waals surface area contributed by atoms with Crippen molar-refractivity contribution in [1.82, 2.24) is 0 Å². The van der Waals surface area contributed by atoms with E-state index >= 15 is 0 Å². The summed E-state index contributed by atoms with van der Waals surface area (Å²) in [5, 5.41) is 0. The van der Waals surface area contributed by atoms with Crippen molar-refractivity contribution < 1.29 is 28.6 Å². The molecular formula is C71H120O6. The Morgan fingerprint density at radius 1 is 0.273 bits per heavy atom. The molecule has 0 saturated heterocycles. The van der Waals surface area contributed by atoms with Crippen LogP contribution in [0.15, 0.2) is 109 Å². The molecule has 0 N–H and O–H groups in total. The van der Waals surface area contributed by atoms with Crippen LogP contribution in [-0.4, -0.2) is 37.2 Å². The highest BCUT2D eigenvalue weighted by Crippen LogP contribution is 2.17. The van der Waals surface area contributed by atoms with Gasteiger partial charge in [-0.25, -0.2) is 0 Å². The monoisotopic (exact) mass is 1070 g/mol. The van der Waals surface area contributed by atoms with Gasteiger partial charge in [-0.05, 0) is 103 Å². The highest BCUT2D eigenvalue weighted by atomic mass is 16.6. The molecule has 0 bridgehead atoms. The molecular weight excluding hydrogens is 949 g/mol. The molecule has 0 spiro atoms. The van der Waals surface area contributed by atoms with Crippen LogP contribution < -0.4 is 0 Å². The van der Waals surface area contributed by atoms with E-state index in [1.165, 1.54) is 148 Å². The minimum Gasteiger partial charge on any atom is -0.462 e. The van der Waals surface area contributed by atoms with Crippen molar-refractivity contribution in [2.24, 2.45) is 0 Å². The fourth-order valence-electron chi connectivity index (χ4n) is 8.99. The first-order chi connectivity index (χ1) is 38.0. The molecule has 0 saturated carbocycles. The molecule has 0 aromatic heterocycles. The summed E-state index contributed by atoms with van der Waals surface area (Å²) < 4.78 is 16.9. The number of unbranched alkanes of at least 4 members (excludes halogenated alkanes) is 29. The Morgan fingerprint density at radius 2 is 0.506 bits per heavy atom. The molecule has 0 aliphatic rings. The lowest BCUT2D eigenvalue weighted by Crippen LogP contribution is -2.30. The van der Waals surface area contributed by atoms with E-state index in [9.17, 15) is 14.4 Å². The molecule has 1 atom stereocenters. The molecule has 0 fully saturated rings. The Bertz CT molecular complexity index is 1560. The third-order valence-electron chi connectivity index (χ3n) is 13.8. The lowest BCUT2D eigenvalue weighted by atomic mass is 10.0. The van der Waals surface area contributed by atoms with Gasteiger partial charge in [0.05, 0.1) is 0 Å². The van der Waals surface area contributed by atoms with E-state index in [0.717, 1.165) is 109 Å². The van der Waals surface area contributed by atoms with Gasteiger partial charge >= 0.3 is 17.9 Å². The molecule has 0 aromatic rings. The van der Waals surface area contributed by atoms with Gasteiger partial charge in [0.15, 0.2) is 6.10 Å². The Kier molecular flexibility index (Phi) is 61.3. The summed E-state index contributed by atoms with van der Waals surface area (Å²) in [6, 6.07) is 0.